The summed E-state index contributed by atoms with van der Waals surface area (Å²) in [6.45, 7) is 2.83. The molecule has 1 fully saturated rings. The minimum atomic E-state index is -0.361. The number of nitrogens with zero attached hydrogens (tertiary/aromatic N) is 1. The number of hydrogen-bond acceptors (Lipinski definition) is 4. The first-order valence-corrected chi connectivity index (χ1v) is 10.2. The third-order valence-corrected chi connectivity index (χ3v) is 5.35. The highest BCUT2D eigenvalue weighted by molar-refractivity contribution is 9.10. The molecule has 1 aliphatic heterocycles. The first-order chi connectivity index (χ1) is 14.0. The number of rotatable bonds is 4. The number of carbonyl (C=O) groups excluding carboxylic acids is 1. The second kappa shape index (κ2) is 8.47. The highest BCUT2D eigenvalue weighted by Crippen LogP contribution is 2.21. The van der Waals surface area contributed by atoms with Crippen molar-refractivity contribution in [2.75, 3.05) is 13.2 Å². The van der Waals surface area contributed by atoms with Crippen molar-refractivity contribution >= 4 is 38.5 Å². The normalized spacial score (nSPS) is 17.1. The van der Waals surface area contributed by atoms with E-state index >= 15 is 0 Å². The molecule has 0 radical (unpaired) electrons. The third-order valence-electron chi connectivity index (χ3n) is 4.85. The topological polar surface area (TPSA) is 63.8 Å². The Balaban J connectivity index is 1.76. The van der Waals surface area contributed by atoms with E-state index in [1.165, 1.54) is 6.07 Å². The van der Waals surface area contributed by atoms with Crippen LogP contribution in [0.1, 0.15) is 28.8 Å². The zero-order valence-corrected chi connectivity index (χ0v) is 17.5. The Bertz CT molecular complexity index is 1140. The predicted octanol–water partition coefficient (Wildman–Crippen LogP) is 4.78. The van der Waals surface area contributed by atoms with Gasteiger partial charge in [-0.05, 0) is 61.7 Å². The summed E-state index contributed by atoms with van der Waals surface area (Å²) in [7, 11) is 0. The van der Waals surface area contributed by atoms with Gasteiger partial charge in [-0.1, -0.05) is 22.0 Å². The van der Waals surface area contributed by atoms with E-state index in [1.54, 1.807) is 31.2 Å². The van der Waals surface area contributed by atoms with Crippen molar-refractivity contribution in [2.45, 2.75) is 25.9 Å². The molecular weight excluding hydrogens is 439 g/mol. The number of aryl methyl sites for hydroxylation is 1. The van der Waals surface area contributed by atoms with E-state index in [9.17, 15) is 9.18 Å². The summed E-state index contributed by atoms with van der Waals surface area (Å²) in [6, 6.07) is 11.9. The molecule has 0 bridgehead atoms. The van der Waals surface area contributed by atoms with Gasteiger partial charge in [0.2, 0.25) is 5.55 Å². The zero-order valence-electron chi connectivity index (χ0n) is 15.9. The van der Waals surface area contributed by atoms with Crippen LogP contribution in [0.5, 0.6) is 0 Å². The maximum Gasteiger partial charge on any atom is 0.256 e. The van der Waals surface area contributed by atoms with Crippen molar-refractivity contribution in [3.8, 4) is 0 Å². The van der Waals surface area contributed by atoms with Crippen LogP contribution in [0.25, 0.3) is 11.0 Å². The summed E-state index contributed by atoms with van der Waals surface area (Å²) < 4.78 is 26.3. The molecule has 2 heterocycles. The lowest BCUT2D eigenvalue weighted by Gasteiger charge is -2.11. The Kier molecular flexibility index (Phi) is 5.78. The van der Waals surface area contributed by atoms with Gasteiger partial charge in [-0.3, -0.25) is 4.79 Å². The van der Waals surface area contributed by atoms with Crippen LogP contribution in [0, 0.1) is 12.7 Å². The van der Waals surface area contributed by atoms with E-state index in [-0.39, 0.29) is 28.9 Å². The number of benzene rings is 2. The SMILES string of the molecule is Cc1ccc(N=c2oc3ccc(Br)cc3cc2C(=O)NC[C@H]2CCCO2)cc1F. The fourth-order valence-corrected chi connectivity index (χ4v) is 3.60. The number of fused-ring (bicyclic) bond motifs is 1. The Labute approximate surface area is 175 Å². The second-order valence-corrected chi connectivity index (χ2v) is 7.95. The van der Waals surface area contributed by atoms with Gasteiger partial charge >= 0.3 is 0 Å². The summed E-state index contributed by atoms with van der Waals surface area (Å²) in [5, 5.41) is 3.66. The minimum Gasteiger partial charge on any atom is -0.438 e. The molecule has 0 unspecified atom stereocenters. The van der Waals surface area contributed by atoms with Crippen LogP contribution in [-0.2, 0) is 4.74 Å². The van der Waals surface area contributed by atoms with Gasteiger partial charge in [0.15, 0.2) is 0 Å². The van der Waals surface area contributed by atoms with Crippen LogP contribution in [0.3, 0.4) is 0 Å². The second-order valence-electron chi connectivity index (χ2n) is 7.04. The fourth-order valence-electron chi connectivity index (χ4n) is 3.22. The van der Waals surface area contributed by atoms with E-state index in [0.717, 1.165) is 29.3 Å². The van der Waals surface area contributed by atoms with Crippen LogP contribution in [0.2, 0.25) is 0 Å². The molecule has 0 aliphatic carbocycles. The summed E-state index contributed by atoms with van der Waals surface area (Å²) >= 11 is 3.43. The largest absolute Gasteiger partial charge is 0.438 e. The average molecular weight is 459 g/mol. The van der Waals surface area contributed by atoms with Crippen LogP contribution in [-0.4, -0.2) is 25.2 Å². The van der Waals surface area contributed by atoms with Crippen LogP contribution >= 0.6 is 15.9 Å². The molecule has 29 heavy (non-hydrogen) atoms. The Morgan fingerprint density at radius 3 is 2.90 bits per heavy atom. The molecule has 0 saturated carbocycles. The minimum absolute atomic E-state index is 0.0251. The van der Waals surface area contributed by atoms with Gasteiger partial charge in [-0.15, -0.1) is 0 Å². The zero-order chi connectivity index (χ0) is 20.4. The van der Waals surface area contributed by atoms with Gasteiger partial charge in [0.25, 0.3) is 5.91 Å². The van der Waals surface area contributed by atoms with Crippen molar-refractivity contribution in [1.29, 1.82) is 0 Å². The molecule has 1 N–H and O–H groups in total. The molecule has 1 aromatic heterocycles. The van der Waals surface area contributed by atoms with E-state index in [1.807, 2.05) is 12.1 Å². The van der Waals surface area contributed by atoms with E-state index < -0.39 is 0 Å². The first-order valence-electron chi connectivity index (χ1n) is 9.44. The van der Waals surface area contributed by atoms with E-state index in [2.05, 4.69) is 26.2 Å². The Hall–Kier alpha value is -2.51. The monoisotopic (exact) mass is 458 g/mol. The van der Waals surface area contributed by atoms with Crippen molar-refractivity contribution in [2.24, 2.45) is 4.99 Å². The number of ether oxygens (including phenoxy) is 1. The van der Waals surface area contributed by atoms with Crippen LogP contribution in [0.4, 0.5) is 10.1 Å². The van der Waals surface area contributed by atoms with E-state index in [0.29, 0.717) is 23.4 Å². The number of carbonyl (C=O) groups is 1. The molecule has 2 aromatic carbocycles. The highest BCUT2D eigenvalue weighted by atomic mass is 79.9. The van der Waals surface area contributed by atoms with Gasteiger partial charge < -0.3 is 14.5 Å². The lowest BCUT2D eigenvalue weighted by Crippen LogP contribution is -2.34. The quantitative estimate of drug-likeness (QED) is 0.611. The molecule has 1 saturated heterocycles. The number of halogens is 2. The fraction of sp³-hybridized carbons (Fsp3) is 0.273. The molecular formula is C22H20BrFN2O3. The summed E-state index contributed by atoms with van der Waals surface area (Å²) in [5.41, 5.74) is 1.90. The maximum atomic E-state index is 13.9. The maximum absolute atomic E-state index is 13.9. The van der Waals surface area contributed by atoms with Crippen LogP contribution < -0.4 is 10.9 Å². The molecule has 150 valence electrons. The summed E-state index contributed by atoms with van der Waals surface area (Å²) in [5.74, 6) is -0.669. The lowest BCUT2D eigenvalue weighted by atomic mass is 10.1. The molecule has 4 rings (SSSR count). The van der Waals surface area contributed by atoms with E-state index in [4.69, 9.17) is 9.15 Å². The van der Waals surface area contributed by atoms with Gasteiger partial charge in [0.1, 0.15) is 17.0 Å². The highest BCUT2D eigenvalue weighted by Gasteiger charge is 2.18. The molecule has 1 amide bonds. The molecule has 1 atom stereocenters. The summed E-state index contributed by atoms with van der Waals surface area (Å²) in [6.07, 6.45) is 1.95. The smallest absolute Gasteiger partial charge is 0.256 e. The van der Waals surface area contributed by atoms with Crippen LogP contribution in [0.15, 0.2) is 56.3 Å². The third kappa shape index (κ3) is 4.57. The molecule has 3 aromatic rings. The Morgan fingerprint density at radius 2 is 2.14 bits per heavy atom. The van der Waals surface area contributed by atoms with Gasteiger partial charge in [0.05, 0.1) is 11.8 Å². The summed E-state index contributed by atoms with van der Waals surface area (Å²) in [4.78, 5) is 17.3. The first kappa shape index (κ1) is 19.8. The van der Waals surface area contributed by atoms with Crippen molar-refractivity contribution in [3.05, 3.63) is 69.4 Å². The average Bonchev–Trinajstić information content (AvgIpc) is 3.22. The van der Waals surface area contributed by atoms with Crippen molar-refractivity contribution < 1.29 is 18.3 Å². The standard InChI is InChI=1S/C22H20BrFN2O3/c1-13-4-6-16(11-19(13)24)26-22-18(21(27)25-12-17-3-2-8-28-17)10-14-9-15(23)5-7-20(14)29-22/h4-7,9-11,17H,2-3,8,12H2,1H3,(H,25,27)/t17-/m1/s1. The van der Waals surface area contributed by atoms with Gasteiger partial charge in [0, 0.05) is 23.0 Å². The van der Waals surface area contributed by atoms with Crippen molar-refractivity contribution in [3.63, 3.8) is 0 Å². The molecule has 7 heteroatoms. The molecule has 1 aliphatic rings. The van der Waals surface area contributed by atoms with Gasteiger partial charge in [-0.25, -0.2) is 9.38 Å². The molecule has 5 nitrogen and oxygen atoms in total. The van der Waals surface area contributed by atoms with Gasteiger partial charge in [-0.2, -0.15) is 0 Å². The lowest BCUT2D eigenvalue weighted by molar-refractivity contribution is 0.0854. The van der Waals surface area contributed by atoms with Crippen molar-refractivity contribution in [1.82, 2.24) is 5.32 Å². The molecule has 0 spiro atoms. The Morgan fingerprint density at radius 1 is 1.28 bits per heavy atom. The number of hydrogen-bond donors (Lipinski definition) is 1. The number of amides is 1. The predicted molar refractivity (Wildman–Crippen MR) is 112 cm³/mol. The number of nitrogens with one attached hydrogen (secondary N) is 1.